The standard InChI is InChI=1S/C15H17N5O2S/c1-9(13(21)20-8-7-17-15(20)22)23-14-18-11-6-4-3-5-10(11)12(16-2)19-14/h3-6,9H,7-8H2,1-2H3,(H,17,22)(H,16,18,19)/t9-/m0/s1. The van der Waals surface area contributed by atoms with Crippen molar-refractivity contribution in [1.29, 1.82) is 0 Å². The van der Waals surface area contributed by atoms with Crippen molar-refractivity contribution in [2.24, 2.45) is 0 Å². The number of carbonyl (C=O) groups excluding carboxylic acids is 2. The number of rotatable bonds is 4. The molecule has 0 saturated carbocycles. The molecule has 0 spiro atoms. The van der Waals surface area contributed by atoms with E-state index in [0.29, 0.717) is 18.2 Å². The van der Waals surface area contributed by atoms with Crippen LogP contribution in [0.15, 0.2) is 29.4 Å². The number of anilines is 1. The Kier molecular flexibility index (Phi) is 4.33. The van der Waals surface area contributed by atoms with Crippen molar-refractivity contribution in [3.63, 3.8) is 0 Å². The van der Waals surface area contributed by atoms with Crippen molar-refractivity contribution >= 4 is 40.4 Å². The Labute approximate surface area is 137 Å². The lowest BCUT2D eigenvalue weighted by Crippen LogP contribution is -2.39. The zero-order chi connectivity index (χ0) is 16.4. The number of urea groups is 1. The molecule has 120 valence electrons. The van der Waals surface area contributed by atoms with Crippen molar-refractivity contribution in [3.8, 4) is 0 Å². The average molecular weight is 331 g/mol. The highest BCUT2D eigenvalue weighted by Crippen LogP contribution is 2.27. The van der Waals surface area contributed by atoms with E-state index in [1.165, 1.54) is 16.7 Å². The molecule has 2 N–H and O–H groups in total. The summed E-state index contributed by atoms with van der Waals surface area (Å²) >= 11 is 1.25. The molecule has 0 radical (unpaired) electrons. The van der Waals surface area contributed by atoms with Crippen LogP contribution >= 0.6 is 11.8 Å². The highest BCUT2D eigenvalue weighted by Gasteiger charge is 2.30. The molecule has 1 aromatic carbocycles. The quantitative estimate of drug-likeness (QED) is 0.655. The molecule has 1 saturated heterocycles. The number of para-hydroxylation sites is 1. The van der Waals surface area contributed by atoms with Crippen LogP contribution < -0.4 is 10.6 Å². The Balaban J connectivity index is 1.83. The first-order valence-electron chi connectivity index (χ1n) is 7.30. The van der Waals surface area contributed by atoms with Crippen LogP contribution in [0.3, 0.4) is 0 Å². The number of carbonyl (C=O) groups is 2. The number of benzene rings is 1. The second-order valence-corrected chi connectivity index (χ2v) is 6.41. The van der Waals surface area contributed by atoms with Gasteiger partial charge in [-0.3, -0.25) is 9.69 Å². The number of nitrogens with one attached hydrogen (secondary N) is 2. The number of imide groups is 1. The van der Waals surface area contributed by atoms with E-state index in [0.717, 1.165) is 16.7 Å². The zero-order valence-corrected chi connectivity index (χ0v) is 13.7. The molecule has 1 aromatic heterocycles. The van der Waals surface area contributed by atoms with Crippen molar-refractivity contribution in [1.82, 2.24) is 20.2 Å². The molecule has 0 unspecified atom stereocenters. The van der Waals surface area contributed by atoms with Crippen molar-refractivity contribution in [2.75, 3.05) is 25.5 Å². The van der Waals surface area contributed by atoms with Gasteiger partial charge in [0, 0.05) is 25.5 Å². The van der Waals surface area contributed by atoms with E-state index in [1.54, 1.807) is 14.0 Å². The van der Waals surface area contributed by atoms with Gasteiger partial charge in [-0.25, -0.2) is 14.8 Å². The Morgan fingerprint density at radius 3 is 2.87 bits per heavy atom. The third-order valence-corrected chi connectivity index (χ3v) is 4.52. The first-order valence-corrected chi connectivity index (χ1v) is 8.18. The molecule has 3 amide bonds. The summed E-state index contributed by atoms with van der Waals surface area (Å²) in [5, 5.41) is 6.67. The van der Waals surface area contributed by atoms with Crippen molar-refractivity contribution in [2.45, 2.75) is 17.3 Å². The first kappa shape index (κ1) is 15.5. The average Bonchev–Trinajstić information content (AvgIpc) is 2.99. The summed E-state index contributed by atoms with van der Waals surface area (Å²) in [6.07, 6.45) is 0. The van der Waals surface area contributed by atoms with E-state index in [2.05, 4.69) is 20.6 Å². The fourth-order valence-electron chi connectivity index (χ4n) is 2.41. The van der Waals surface area contributed by atoms with Gasteiger partial charge in [0.05, 0.1) is 10.8 Å². The first-order chi connectivity index (χ1) is 11.1. The van der Waals surface area contributed by atoms with E-state index >= 15 is 0 Å². The van der Waals surface area contributed by atoms with E-state index in [9.17, 15) is 9.59 Å². The number of aromatic nitrogens is 2. The molecule has 0 aliphatic carbocycles. The fraction of sp³-hybridized carbons (Fsp3) is 0.333. The van der Waals surface area contributed by atoms with Gasteiger partial charge in [-0.2, -0.15) is 0 Å². The maximum absolute atomic E-state index is 12.4. The van der Waals surface area contributed by atoms with Crippen molar-refractivity contribution < 1.29 is 9.59 Å². The summed E-state index contributed by atoms with van der Waals surface area (Å²) < 4.78 is 0. The van der Waals surface area contributed by atoms with Crippen LogP contribution in [0.1, 0.15) is 6.92 Å². The Morgan fingerprint density at radius 1 is 1.39 bits per heavy atom. The molecular formula is C15H17N5O2S. The molecule has 23 heavy (non-hydrogen) atoms. The number of hydrogen-bond donors (Lipinski definition) is 2. The molecule has 1 atom stereocenters. The van der Waals surface area contributed by atoms with Gasteiger partial charge in [-0.15, -0.1) is 0 Å². The van der Waals surface area contributed by atoms with E-state index in [1.807, 2.05) is 24.3 Å². The van der Waals surface area contributed by atoms with Crippen LogP contribution in [0, 0.1) is 0 Å². The molecule has 1 aliphatic rings. The lowest BCUT2D eigenvalue weighted by molar-refractivity contribution is -0.126. The van der Waals surface area contributed by atoms with Crippen LogP contribution in [0.4, 0.5) is 10.6 Å². The molecule has 2 heterocycles. The number of nitrogens with zero attached hydrogens (tertiary/aromatic N) is 3. The molecule has 2 aromatic rings. The number of hydrogen-bond acceptors (Lipinski definition) is 6. The van der Waals surface area contributed by atoms with Crippen LogP contribution in [-0.4, -0.2) is 52.2 Å². The molecule has 1 aliphatic heterocycles. The van der Waals surface area contributed by atoms with Crippen LogP contribution in [0.2, 0.25) is 0 Å². The smallest absolute Gasteiger partial charge is 0.324 e. The number of amides is 3. The van der Waals surface area contributed by atoms with Gasteiger partial charge < -0.3 is 10.6 Å². The number of fused-ring (bicyclic) bond motifs is 1. The van der Waals surface area contributed by atoms with E-state index in [4.69, 9.17) is 0 Å². The SMILES string of the molecule is CNc1nc(S[C@@H](C)C(=O)N2CCNC2=O)nc2ccccc12. The van der Waals surface area contributed by atoms with Gasteiger partial charge in [0.15, 0.2) is 5.16 Å². The normalized spacial score (nSPS) is 15.6. The van der Waals surface area contributed by atoms with E-state index < -0.39 is 5.25 Å². The monoisotopic (exact) mass is 331 g/mol. The predicted octanol–water partition coefficient (Wildman–Crippen LogP) is 1.70. The van der Waals surface area contributed by atoms with E-state index in [-0.39, 0.29) is 11.9 Å². The lowest BCUT2D eigenvalue weighted by Gasteiger charge is -2.17. The van der Waals surface area contributed by atoms with Gasteiger partial charge >= 0.3 is 6.03 Å². The fourth-order valence-corrected chi connectivity index (χ4v) is 3.25. The zero-order valence-electron chi connectivity index (χ0n) is 12.9. The third kappa shape index (κ3) is 3.07. The Bertz CT molecular complexity index is 767. The van der Waals surface area contributed by atoms with Gasteiger partial charge in [0.25, 0.3) is 0 Å². The Morgan fingerprint density at radius 2 is 2.17 bits per heavy atom. The second kappa shape index (κ2) is 6.41. The Hall–Kier alpha value is -2.35. The van der Waals surface area contributed by atoms with Crippen LogP contribution in [0.5, 0.6) is 0 Å². The molecule has 8 heteroatoms. The molecule has 7 nitrogen and oxygen atoms in total. The summed E-state index contributed by atoms with van der Waals surface area (Å²) in [6.45, 7) is 2.66. The summed E-state index contributed by atoms with van der Waals surface area (Å²) in [6, 6.07) is 7.35. The summed E-state index contributed by atoms with van der Waals surface area (Å²) in [5.41, 5.74) is 0.813. The third-order valence-electron chi connectivity index (χ3n) is 3.57. The minimum Gasteiger partial charge on any atom is -0.372 e. The molecule has 1 fully saturated rings. The summed E-state index contributed by atoms with van der Waals surface area (Å²) in [4.78, 5) is 34.1. The van der Waals surface area contributed by atoms with Gasteiger partial charge in [0.2, 0.25) is 5.91 Å². The topological polar surface area (TPSA) is 87.2 Å². The maximum atomic E-state index is 12.4. The minimum atomic E-state index is -0.440. The number of thioether (sulfide) groups is 1. The van der Waals surface area contributed by atoms with Gasteiger partial charge in [-0.05, 0) is 19.1 Å². The predicted molar refractivity (Wildman–Crippen MR) is 89.5 cm³/mol. The minimum absolute atomic E-state index is 0.229. The second-order valence-electron chi connectivity index (χ2n) is 5.10. The van der Waals surface area contributed by atoms with Crippen LogP contribution in [-0.2, 0) is 4.79 Å². The largest absolute Gasteiger partial charge is 0.372 e. The summed E-state index contributed by atoms with van der Waals surface area (Å²) in [7, 11) is 1.80. The van der Waals surface area contributed by atoms with Gasteiger partial charge in [0.1, 0.15) is 5.82 Å². The highest BCUT2D eigenvalue weighted by molar-refractivity contribution is 8.00. The van der Waals surface area contributed by atoms with Gasteiger partial charge in [-0.1, -0.05) is 23.9 Å². The summed E-state index contributed by atoms with van der Waals surface area (Å²) in [5.74, 6) is 0.490. The molecular weight excluding hydrogens is 314 g/mol. The highest BCUT2D eigenvalue weighted by atomic mass is 32.2. The van der Waals surface area contributed by atoms with Crippen molar-refractivity contribution in [3.05, 3.63) is 24.3 Å². The van der Waals surface area contributed by atoms with Crippen LogP contribution in [0.25, 0.3) is 10.9 Å². The lowest BCUT2D eigenvalue weighted by atomic mass is 10.2. The molecule has 0 bridgehead atoms. The molecule has 3 rings (SSSR count). The maximum Gasteiger partial charge on any atom is 0.324 e.